The van der Waals surface area contributed by atoms with E-state index in [1.54, 1.807) is 37.6 Å². The number of pyridine rings is 1. The van der Waals surface area contributed by atoms with E-state index in [1.165, 1.54) is 13.2 Å². The van der Waals surface area contributed by atoms with E-state index in [9.17, 15) is 17.8 Å². The molecule has 3 N–H and O–H groups in total. The molecule has 1 atom stereocenters. The number of aromatic nitrogens is 4. The molecule has 16 heteroatoms. The van der Waals surface area contributed by atoms with Gasteiger partial charge in [0.1, 0.15) is 34.5 Å². The molecule has 1 unspecified atom stereocenters. The van der Waals surface area contributed by atoms with Crippen LogP contribution in [0, 0.1) is 18.6 Å². The van der Waals surface area contributed by atoms with Crippen LogP contribution in [0.4, 0.5) is 31.8 Å². The number of rotatable bonds is 12. The Balaban J connectivity index is 1.19. The van der Waals surface area contributed by atoms with Crippen molar-refractivity contribution >= 4 is 45.6 Å². The topological polar surface area (TPSA) is 146 Å². The summed E-state index contributed by atoms with van der Waals surface area (Å²) in [5.41, 5.74) is 4.98. The van der Waals surface area contributed by atoms with Gasteiger partial charge in [-0.25, -0.2) is 27.9 Å². The minimum atomic E-state index is -1.81. The Bertz CT molecular complexity index is 2380. The number of piperazine rings is 1. The number of methoxy groups -OCH3 is 2. The number of benzene rings is 3. The molecule has 0 aliphatic carbocycles. The van der Waals surface area contributed by atoms with Gasteiger partial charge in [0.25, 0.3) is 5.91 Å². The molecule has 284 valence electrons. The first-order chi connectivity index (χ1) is 26.6. The fraction of sp³-hybridized carbons (Fsp3) is 0.231. The van der Waals surface area contributed by atoms with Crippen LogP contribution in [0.5, 0.6) is 11.5 Å². The normalized spacial score (nSPS) is 13.8. The predicted octanol–water partition coefficient (Wildman–Crippen LogP) is 6.40. The van der Waals surface area contributed by atoms with E-state index in [0.29, 0.717) is 52.2 Å². The number of nitrogens with zero attached hydrogens (tertiary/aromatic N) is 6. The number of hydrogen-bond acceptors (Lipinski definition) is 10. The van der Waals surface area contributed by atoms with Crippen LogP contribution >= 0.6 is 0 Å². The highest BCUT2D eigenvalue weighted by molar-refractivity contribution is 7.79. The van der Waals surface area contributed by atoms with Gasteiger partial charge in [0.15, 0.2) is 11.1 Å². The van der Waals surface area contributed by atoms with Crippen molar-refractivity contribution in [3.8, 4) is 34.1 Å². The molecular weight excluding hydrogens is 731 g/mol. The van der Waals surface area contributed by atoms with Crippen molar-refractivity contribution in [2.45, 2.75) is 6.92 Å². The first kappa shape index (κ1) is 37.3. The summed E-state index contributed by atoms with van der Waals surface area (Å²) in [6.45, 7) is 5.71. The SMILES string of the molecule is COc1cc(N2CCN(CCS(=O)O)CC2)c(C)cc1Nc1nccc(-c2c(-c3ccc(OC)c(C(=O)Nc4c(F)cccc4F)c3)nc3ccccn23)n1. The van der Waals surface area contributed by atoms with E-state index in [2.05, 4.69) is 25.4 Å². The van der Waals surface area contributed by atoms with Gasteiger partial charge in [0, 0.05) is 62.4 Å². The number of aryl methyl sites for hydroxylation is 1. The largest absolute Gasteiger partial charge is 0.496 e. The van der Waals surface area contributed by atoms with Gasteiger partial charge >= 0.3 is 0 Å². The number of amides is 1. The minimum Gasteiger partial charge on any atom is -0.496 e. The Morgan fingerprint density at radius 1 is 0.927 bits per heavy atom. The Kier molecular flexibility index (Phi) is 11.0. The zero-order valence-electron chi connectivity index (χ0n) is 30.3. The number of para-hydroxylation sites is 1. The van der Waals surface area contributed by atoms with Crippen molar-refractivity contribution in [1.82, 2.24) is 24.3 Å². The molecule has 1 amide bonds. The van der Waals surface area contributed by atoms with Crippen LogP contribution in [0.1, 0.15) is 15.9 Å². The van der Waals surface area contributed by atoms with Crippen molar-refractivity contribution in [3.63, 3.8) is 0 Å². The van der Waals surface area contributed by atoms with Crippen LogP contribution in [-0.4, -0.2) is 91.6 Å². The summed E-state index contributed by atoms with van der Waals surface area (Å²) in [5, 5.41) is 5.66. The van der Waals surface area contributed by atoms with Crippen LogP contribution < -0.4 is 25.0 Å². The average Bonchev–Trinajstić information content (AvgIpc) is 3.58. The summed E-state index contributed by atoms with van der Waals surface area (Å²) in [6.07, 6.45) is 3.49. The van der Waals surface area contributed by atoms with Gasteiger partial charge in [-0.1, -0.05) is 12.1 Å². The molecular formula is C39H38F2N8O5S. The van der Waals surface area contributed by atoms with Crippen molar-refractivity contribution in [2.75, 3.05) is 68.2 Å². The van der Waals surface area contributed by atoms with Crippen molar-refractivity contribution in [1.29, 1.82) is 0 Å². The van der Waals surface area contributed by atoms with Gasteiger partial charge in [0.2, 0.25) is 5.95 Å². The molecule has 0 bridgehead atoms. The zero-order chi connectivity index (χ0) is 38.6. The maximum atomic E-state index is 14.5. The van der Waals surface area contributed by atoms with E-state index in [0.717, 1.165) is 49.6 Å². The Morgan fingerprint density at radius 3 is 2.42 bits per heavy atom. The van der Waals surface area contributed by atoms with Gasteiger partial charge in [-0.3, -0.25) is 14.1 Å². The number of carbonyl (C=O) groups is 1. The average molecular weight is 769 g/mol. The number of nitrogens with one attached hydrogen (secondary N) is 2. The lowest BCUT2D eigenvalue weighted by atomic mass is 10.0. The quantitative estimate of drug-likeness (QED) is 0.119. The number of carbonyl (C=O) groups excluding carboxylic acids is 1. The molecule has 0 saturated carbocycles. The van der Waals surface area contributed by atoms with Gasteiger partial charge in [-0.05, 0) is 67.1 Å². The van der Waals surface area contributed by atoms with Crippen LogP contribution in [-0.2, 0) is 11.1 Å². The molecule has 13 nitrogen and oxygen atoms in total. The molecule has 0 spiro atoms. The third kappa shape index (κ3) is 7.97. The highest BCUT2D eigenvalue weighted by Gasteiger charge is 2.24. The maximum absolute atomic E-state index is 14.5. The van der Waals surface area contributed by atoms with E-state index in [-0.39, 0.29) is 17.1 Å². The molecule has 3 aromatic heterocycles. The zero-order valence-corrected chi connectivity index (χ0v) is 31.1. The molecule has 6 aromatic rings. The highest BCUT2D eigenvalue weighted by atomic mass is 32.2. The molecule has 7 rings (SSSR count). The third-order valence-corrected chi connectivity index (χ3v) is 9.94. The molecule has 1 aliphatic rings. The Morgan fingerprint density at radius 2 is 1.69 bits per heavy atom. The summed E-state index contributed by atoms with van der Waals surface area (Å²) in [6, 6.07) is 19.5. The summed E-state index contributed by atoms with van der Waals surface area (Å²) >= 11 is -1.81. The van der Waals surface area contributed by atoms with Crippen molar-refractivity contribution in [3.05, 3.63) is 108 Å². The van der Waals surface area contributed by atoms with Gasteiger partial charge in [-0.2, -0.15) is 0 Å². The second-order valence-corrected chi connectivity index (χ2v) is 13.8. The third-order valence-electron chi connectivity index (χ3n) is 9.41. The lowest BCUT2D eigenvalue weighted by Crippen LogP contribution is -2.47. The molecule has 1 aliphatic heterocycles. The Hall–Kier alpha value is -5.97. The standard InChI is InChI=1S/C39H38F2N8O5S/c1-24-21-30(33(54-3)23-31(24)48-17-15-47(16-18-48)19-20-55(51)52)44-39-42-13-12-29(43-39)37-35(45-34-9-4-5-14-49(34)37)25-10-11-32(53-2)26(22-25)38(50)46-36-27(40)7-6-8-28(36)41/h4-14,21-23H,15-20H2,1-3H3,(H,46,50)(H,51,52)(H,42,43,44). The van der Waals surface area contributed by atoms with Gasteiger partial charge in [0.05, 0.1) is 48.3 Å². The lowest BCUT2D eigenvalue weighted by molar-refractivity contribution is 0.102. The van der Waals surface area contributed by atoms with E-state index >= 15 is 0 Å². The second-order valence-electron chi connectivity index (χ2n) is 12.8. The van der Waals surface area contributed by atoms with Crippen molar-refractivity contribution in [2.24, 2.45) is 0 Å². The van der Waals surface area contributed by atoms with Crippen molar-refractivity contribution < 1.29 is 31.8 Å². The van der Waals surface area contributed by atoms with Crippen LogP contribution in [0.2, 0.25) is 0 Å². The lowest BCUT2D eigenvalue weighted by Gasteiger charge is -2.37. The van der Waals surface area contributed by atoms with E-state index in [1.807, 2.05) is 47.9 Å². The highest BCUT2D eigenvalue weighted by Crippen LogP contribution is 2.37. The number of imidazole rings is 1. The first-order valence-corrected chi connectivity index (χ1v) is 18.7. The first-order valence-electron chi connectivity index (χ1n) is 17.4. The minimum absolute atomic E-state index is 0.0443. The molecule has 1 saturated heterocycles. The molecule has 1 fully saturated rings. The van der Waals surface area contributed by atoms with E-state index < -0.39 is 34.3 Å². The summed E-state index contributed by atoms with van der Waals surface area (Å²) in [7, 11) is 3.00. The summed E-state index contributed by atoms with van der Waals surface area (Å²) < 4.78 is 62.3. The van der Waals surface area contributed by atoms with E-state index in [4.69, 9.17) is 24.0 Å². The fourth-order valence-electron chi connectivity index (χ4n) is 6.65. The monoisotopic (exact) mass is 768 g/mol. The number of ether oxygens (including phenoxy) is 2. The predicted molar refractivity (Wildman–Crippen MR) is 208 cm³/mol. The molecule has 0 radical (unpaired) electrons. The number of fused-ring (bicyclic) bond motifs is 1. The second kappa shape index (κ2) is 16.2. The van der Waals surface area contributed by atoms with Gasteiger partial charge in [-0.15, -0.1) is 0 Å². The van der Waals surface area contributed by atoms with Crippen LogP contribution in [0.15, 0.2) is 85.2 Å². The maximum Gasteiger partial charge on any atom is 0.259 e. The smallest absolute Gasteiger partial charge is 0.259 e. The Labute approximate surface area is 318 Å². The van der Waals surface area contributed by atoms with Crippen LogP contribution in [0.3, 0.4) is 0 Å². The fourth-order valence-corrected chi connectivity index (χ4v) is 7.06. The number of anilines is 4. The summed E-state index contributed by atoms with van der Waals surface area (Å²) in [5.74, 6) is -1.25. The number of hydrogen-bond donors (Lipinski definition) is 3. The molecule has 55 heavy (non-hydrogen) atoms. The van der Waals surface area contributed by atoms with Crippen LogP contribution in [0.25, 0.3) is 28.3 Å². The van der Waals surface area contributed by atoms with Gasteiger partial charge < -0.3 is 29.6 Å². The summed E-state index contributed by atoms with van der Waals surface area (Å²) in [4.78, 5) is 32.2. The molecule has 4 heterocycles. The number of halogens is 2. The molecule has 3 aromatic carbocycles.